The van der Waals surface area contributed by atoms with Crippen molar-refractivity contribution in [3.8, 4) is 5.75 Å². The molecule has 0 aliphatic heterocycles. The Hall–Kier alpha value is -5.12. The smallest absolute Gasteiger partial charge is 0.330 e. The molecule has 10 heteroatoms. The monoisotopic (exact) mass is 569 g/mol. The number of benzene rings is 3. The summed E-state index contributed by atoms with van der Waals surface area (Å²) in [6.07, 6.45) is 3.79. The van der Waals surface area contributed by atoms with Crippen LogP contribution in [0.25, 0.3) is 0 Å². The average Bonchev–Trinajstić information content (AvgIpc) is 3.03. The van der Waals surface area contributed by atoms with Crippen LogP contribution in [0.3, 0.4) is 0 Å². The van der Waals surface area contributed by atoms with Gasteiger partial charge in [0, 0.05) is 24.4 Å². The third-order valence-electron chi connectivity index (χ3n) is 5.84. The molecule has 0 radical (unpaired) electrons. The first-order chi connectivity index (χ1) is 20.5. The van der Waals surface area contributed by atoms with Crippen molar-refractivity contribution in [2.45, 2.75) is 19.8 Å². The standard InChI is InChI=1S/C32H35N5O5/c1-4-31(38)41-23-8-7-22-40-30-19-15-28(16-20-30)36-34-26-11-9-25(10-12-26)33-35-27-13-17-29(18-14-27)37(6-3)21-24-42-32(39)5-2/h4-5,9-20H,1-2,6-8,21-24H2,3H3. The average molecular weight is 570 g/mol. The highest BCUT2D eigenvalue weighted by Crippen LogP contribution is 2.25. The van der Waals surface area contributed by atoms with E-state index in [-0.39, 0.29) is 6.61 Å². The van der Waals surface area contributed by atoms with Crippen LogP contribution >= 0.6 is 0 Å². The molecule has 3 aromatic carbocycles. The lowest BCUT2D eigenvalue weighted by Crippen LogP contribution is -2.27. The molecule has 218 valence electrons. The molecule has 0 fully saturated rings. The van der Waals surface area contributed by atoms with E-state index in [1.54, 1.807) is 0 Å². The summed E-state index contributed by atoms with van der Waals surface area (Å²) in [5, 5.41) is 17.2. The van der Waals surface area contributed by atoms with Crippen LogP contribution < -0.4 is 9.64 Å². The fourth-order valence-electron chi connectivity index (χ4n) is 3.57. The molecular formula is C32H35N5O5. The minimum absolute atomic E-state index is 0.289. The second kappa shape index (κ2) is 17.5. The van der Waals surface area contributed by atoms with E-state index in [0.717, 1.165) is 48.7 Å². The number of rotatable bonds is 17. The van der Waals surface area contributed by atoms with Gasteiger partial charge in [0.05, 0.1) is 42.5 Å². The minimum Gasteiger partial charge on any atom is -0.494 e. The number of azo groups is 2. The van der Waals surface area contributed by atoms with Crippen molar-refractivity contribution in [1.82, 2.24) is 0 Å². The van der Waals surface area contributed by atoms with Crippen LogP contribution in [0.4, 0.5) is 28.4 Å². The third-order valence-corrected chi connectivity index (χ3v) is 5.84. The minimum atomic E-state index is -0.426. The largest absolute Gasteiger partial charge is 0.494 e. The number of carbonyl (C=O) groups excluding carboxylic acids is 2. The molecule has 3 rings (SSSR count). The van der Waals surface area contributed by atoms with Gasteiger partial charge in [-0.2, -0.15) is 20.5 Å². The van der Waals surface area contributed by atoms with E-state index >= 15 is 0 Å². The van der Waals surface area contributed by atoms with Crippen molar-refractivity contribution in [3.63, 3.8) is 0 Å². The number of ether oxygens (including phenoxy) is 3. The Balaban J connectivity index is 1.44. The molecule has 0 aromatic heterocycles. The predicted octanol–water partition coefficient (Wildman–Crippen LogP) is 7.96. The van der Waals surface area contributed by atoms with Crippen LogP contribution in [0.2, 0.25) is 0 Å². The lowest BCUT2D eigenvalue weighted by molar-refractivity contribution is -0.138. The van der Waals surface area contributed by atoms with Crippen molar-refractivity contribution in [1.29, 1.82) is 0 Å². The van der Waals surface area contributed by atoms with Crippen LogP contribution in [0.5, 0.6) is 5.75 Å². The summed E-state index contributed by atoms with van der Waals surface area (Å²) in [7, 11) is 0. The first-order valence-electron chi connectivity index (χ1n) is 13.6. The number of hydrogen-bond acceptors (Lipinski definition) is 10. The van der Waals surface area contributed by atoms with Gasteiger partial charge in [-0.1, -0.05) is 13.2 Å². The Morgan fingerprint density at radius 1 is 0.667 bits per heavy atom. The number of unbranched alkanes of at least 4 members (excludes halogenated alkanes) is 1. The lowest BCUT2D eigenvalue weighted by Gasteiger charge is -2.22. The quantitative estimate of drug-likeness (QED) is 0.0705. The van der Waals surface area contributed by atoms with Gasteiger partial charge in [0.1, 0.15) is 12.4 Å². The highest BCUT2D eigenvalue weighted by molar-refractivity contribution is 5.81. The summed E-state index contributed by atoms with van der Waals surface area (Å²) < 4.78 is 15.7. The van der Waals surface area contributed by atoms with Gasteiger partial charge < -0.3 is 19.1 Å². The molecule has 0 heterocycles. The van der Waals surface area contributed by atoms with Crippen LogP contribution in [0.15, 0.2) is 119 Å². The fourth-order valence-corrected chi connectivity index (χ4v) is 3.57. The molecule has 0 saturated carbocycles. The van der Waals surface area contributed by atoms with Crippen LogP contribution in [0.1, 0.15) is 19.8 Å². The van der Waals surface area contributed by atoms with Crippen LogP contribution in [0, 0.1) is 0 Å². The first-order valence-corrected chi connectivity index (χ1v) is 13.6. The number of hydrogen-bond donors (Lipinski definition) is 0. The van der Waals surface area contributed by atoms with E-state index in [4.69, 9.17) is 14.2 Å². The Kier molecular flexibility index (Phi) is 13.1. The first kappa shape index (κ1) is 31.4. The molecule has 0 spiro atoms. The summed E-state index contributed by atoms with van der Waals surface area (Å²) in [5.41, 5.74) is 3.80. The topological polar surface area (TPSA) is 115 Å². The second-order valence-electron chi connectivity index (χ2n) is 8.81. The molecule has 0 N–H and O–H groups in total. The van der Waals surface area contributed by atoms with Gasteiger partial charge in [-0.15, -0.1) is 0 Å². The molecule has 0 amide bonds. The van der Waals surface area contributed by atoms with Gasteiger partial charge in [-0.25, -0.2) is 9.59 Å². The van der Waals surface area contributed by atoms with E-state index in [0.29, 0.717) is 36.8 Å². The SMILES string of the molecule is C=CC(=O)OCCCCOc1ccc(N=Nc2ccc(N=Nc3ccc(N(CC)CCOC(=O)C=C)cc3)cc2)cc1. The van der Waals surface area contributed by atoms with Crippen LogP contribution in [-0.2, 0) is 19.1 Å². The van der Waals surface area contributed by atoms with E-state index in [9.17, 15) is 9.59 Å². The molecule has 0 bridgehead atoms. The Morgan fingerprint density at radius 3 is 1.57 bits per heavy atom. The highest BCUT2D eigenvalue weighted by Gasteiger charge is 2.06. The van der Waals surface area contributed by atoms with Crippen molar-refractivity contribution in [2.75, 3.05) is 37.8 Å². The van der Waals surface area contributed by atoms with E-state index in [1.165, 1.54) is 0 Å². The molecule has 10 nitrogen and oxygen atoms in total. The molecule has 42 heavy (non-hydrogen) atoms. The molecule has 0 saturated heterocycles. The normalized spacial score (nSPS) is 10.9. The Bertz CT molecular complexity index is 1350. The van der Waals surface area contributed by atoms with Gasteiger partial charge in [-0.3, -0.25) is 0 Å². The van der Waals surface area contributed by atoms with Crippen molar-refractivity contribution in [2.24, 2.45) is 20.5 Å². The van der Waals surface area contributed by atoms with Gasteiger partial charge >= 0.3 is 11.9 Å². The van der Waals surface area contributed by atoms with Gasteiger partial charge in [-0.05, 0) is 92.6 Å². The Labute approximate surface area is 246 Å². The number of esters is 2. The number of nitrogens with zero attached hydrogens (tertiary/aromatic N) is 5. The number of carbonyl (C=O) groups is 2. The third kappa shape index (κ3) is 11.2. The summed E-state index contributed by atoms with van der Waals surface area (Å²) in [6.45, 7) is 11.3. The van der Waals surface area contributed by atoms with E-state index in [1.807, 2.05) is 79.7 Å². The van der Waals surface area contributed by atoms with E-state index < -0.39 is 11.9 Å². The second-order valence-corrected chi connectivity index (χ2v) is 8.81. The maximum Gasteiger partial charge on any atom is 0.330 e. The Morgan fingerprint density at radius 2 is 1.10 bits per heavy atom. The summed E-state index contributed by atoms with van der Waals surface area (Å²) in [5.74, 6) is -0.106. The zero-order valence-electron chi connectivity index (χ0n) is 23.7. The van der Waals surface area contributed by atoms with Gasteiger partial charge in [0.2, 0.25) is 0 Å². The molecule has 0 aliphatic rings. The molecule has 0 atom stereocenters. The summed E-state index contributed by atoms with van der Waals surface area (Å²) >= 11 is 0. The lowest BCUT2D eigenvalue weighted by atomic mass is 10.2. The molecule has 0 unspecified atom stereocenters. The zero-order chi connectivity index (χ0) is 30.0. The summed E-state index contributed by atoms with van der Waals surface area (Å²) in [6, 6.07) is 22.3. The van der Waals surface area contributed by atoms with Gasteiger partial charge in [0.15, 0.2) is 0 Å². The zero-order valence-corrected chi connectivity index (χ0v) is 23.7. The predicted molar refractivity (Wildman–Crippen MR) is 163 cm³/mol. The maximum atomic E-state index is 11.2. The molecular weight excluding hydrogens is 534 g/mol. The fraction of sp³-hybridized carbons (Fsp3) is 0.250. The van der Waals surface area contributed by atoms with Crippen LogP contribution in [-0.4, -0.2) is 44.8 Å². The van der Waals surface area contributed by atoms with Crippen molar-refractivity contribution < 1.29 is 23.8 Å². The van der Waals surface area contributed by atoms with E-state index in [2.05, 4.69) is 38.5 Å². The van der Waals surface area contributed by atoms with Crippen molar-refractivity contribution in [3.05, 3.63) is 98.1 Å². The highest BCUT2D eigenvalue weighted by atomic mass is 16.5. The van der Waals surface area contributed by atoms with Crippen molar-refractivity contribution >= 4 is 40.4 Å². The van der Waals surface area contributed by atoms with Gasteiger partial charge in [0.25, 0.3) is 0 Å². The molecule has 0 aliphatic carbocycles. The summed E-state index contributed by atoms with van der Waals surface area (Å²) in [4.78, 5) is 24.3. The number of anilines is 1. The molecule has 3 aromatic rings. The number of likely N-dealkylation sites (N-methyl/N-ethyl adjacent to an activating group) is 1. The maximum absolute atomic E-state index is 11.2.